The van der Waals surface area contributed by atoms with Gasteiger partial charge in [0.1, 0.15) is 0 Å². The average molecular weight is 384 g/mol. The van der Waals surface area contributed by atoms with E-state index in [-0.39, 0.29) is 36.1 Å². The van der Waals surface area contributed by atoms with Crippen LogP contribution in [0.25, 0.3) is 0 Å². The summed E-state index contributed by atoms with van der Waals surface area (Å²) in [7, 11) is 0. The number of benzene rings is 2. The number of hydrogen-bond acceptors (Lipinski definition) is 4. The zero-order valence-corrected chi connectivity index (χ0v) is 14.8. The minimum atomic E-state index is -1.00. The van der Waals surface area contributed by atoms with Gasteiger partial charge in [-0.05, 0) is 48.5 Å². The standard InChI is InChI=1S/C18H20N6O4/c19-17(23-13-5-1-11(2-6-13)15(25)26)21-9-10-22-18(20)24-14-7-3-12(4-8-14)16(27)28/h1-8H,9-10H2,(H,25,26)(H,27,28)(H3,19,21,23)(H3,20,22,24). The molecule has 0 saturated carbocycles. The van der Waals surface area contributed by atoms with Crippen LogP contribution in [-0.2, 0) is 0 Å². The summed E-state index contributed by atoms with van der Waals surface area (Å²) >= 11 is 0. The first kappa shape index (κ1) is 20.2. The summed E-state index contributed by atoms with van der Waals surface area (Å²) in [5.41, 5.74) is 13.1. The summed E-state index contributed by atoms with van der Waals surface area (Å²) in [5.74, 6) is -1.69. The lowest BCUT2D eigenvalue weighted by Gasteiger charge is -2.06. The monoisotopic (exact) mass is 384 g/mol. The zero-order chi connectivity index (χ0) is 20.5. The van der Waals surface area contributed by atoms with E-state index in [9.17, 15) is 9.59 Å². The van der Waals surface area contributed by atoms with Crippen LogP contribution in [0.5, 0.6) is 0 Å². The normalized spacial score (nSPS) is 11.7. The SMILES string of the molecule is NC(=NCCN=C(N)Nc1ccc(C(=O)O)cc1)Nc1ccc(C(=O)O)cc1. The van der Waals surface area contributed by atoms with E-state index in [0.717, 1.165) is 0 Å². The number of hydrogen-bond donors (Lipinski definition) is 6. The molecule has 0 saturated heterocycles. The molecule has 0 heterocycles. The molecule has 146 valence electrons. The number of rotatable bonds is 7. The lowest BCUT2D eigenvalue weighted by molar-refractivity contribution is 0.0686. The Labute approximate surface area is 160 Å². The third-order valence-corrected chi connectivity index (χ3v) is 3.47. The molecule has 0 spiro atoms. The molecule has 0 aliphatic heterocycles. The molecule has 0 amide bonds. The van der Waals surface area contributed by atoms with Crippen LogP contribution >= 0.6 is 0 Å². The molecule has 0 radical (unpaired) electrons. The average Bonchev–Trinajstić information content (AvgIpc) is 2.66. The highest BCUT2D eigenvalue weighted by Crippen LogP contribution is 2.10. The number of guanidine groups is 2. The Balaban J connectivity index is 1.80. The van der Waals surface area contributed by atoms with Crippen molar-refractivity contribution in [3.63, 3.8) is 0 Å². The van der Waals surface area contributed by atoms with E-state index in [1.165, 1.54) is 24.3 Å². The van der Waals surface area contributed by atoms with Crippen molar-refractivity contribution in [2.24, 2.45) is 21.5 Å². The molecule has 0 aliphatic carbocycles. The van der Waals surface area contributed by atoms with E-state index in [2.05, 4.69) is 20.6 Å². The van der Waals surface area contributed by atoms with Crippen molar-refractivity contribution in [3.8, 4) is 0 Å². The van der Waals surface area contributed by atoms with Crippen molar-refractivity contribution in [1.29, 1.82) is 0 Å². The van der Waals surface area contributed by atoms with Gasteiger partial charge in [-0.2, -0.15) is 0 Å². The number of anilines is 2. The first-order valence-corrected chi connectivity index (χ1v) is 8.16. The Morgan fingerprint density at radius 1 is 0.714 bits per heavy atom. The van der Waals surface area contributed by atoms with Gasteiger partial charge < -0.3 is 32.3 Å². The van der Waals surface area contributed by atoms with Gasteiger partial charge in [0.15, 0.2) is 11.9 Å². The number of carboxylic acid groups (broad SMARTS) is 2. The Morgan fingerprint density at radius 3 is 1.32 bits per heavy atom. The van der Waals surface area contributed by atoms with Gasteiger partial charge in [0.2, 0.25) is 0 Å². The molecular formula is C18H20N6O4. The van der Waals surface area contributed by atoms with Crippen molar-refractivity contribution < 1.29 is 19.8 Å². The van der Waals surface area contributed by atoms with E-state index >= 15 is 0 Å². The fourth-order valence-electron chi connectivity index (χ4n) is 2.11. The number of aliphatic imine (C=N–C) groups is 2. The van der Waals surface area contributed by atoms with Crippen LogP contribution in [0.4, 0.5) is 11.4 Å². The molecule has 0 fully saturated rings. The summed E-state index contributed by atoms with van der Waals surface area (Å²) in [6.45, 7) is 0.568. The van der Waals surface area contributed by atoms with Gasteiger partial charge in [-0.25, -0.2) is 9.59 Å². The highest BCUT2D eigenvalue weighted by molar-refractivity contribution is 5.94. The Kier molecular flexibility index (Phi) is 6.92. The zero-order valence-electron chi connectivity index (χ0n) is 14.8. The second-order valence-electron chi connectivity index (χ2n) is 5.55. The first-order chi connectivity index (χ1) is 13.3. The van der Waals surface area contributed by atoms with Crippen molar-refractivity contribution >= 4 is 35.2 Å². The maximum Gasteiger partial charge on any atom is 0.335 e. The van der Waals surface area contributed by atoms with E-state index in [1.807, 2.05) is 0 Å². The van der Waals surface area contributed by atoms with Crippen LogP contribution in [-0.4, -0.2) is 47.2 Å². The maximum absolute atomic E-state index is 10.8. The fraction of sp³-hybridized carbons (Fsp3) is 0.111. The van der Waals surface area contributed by atoms with Gasteiger partial charge in [-0.15, -0.1) is 0 Å². The number of nitrogens with one attached hydrogen (secondary N) is 2. The van der Waals surface area contributed by atoms with Crippen LogP contribution in [0.15, 0.2) is 58.5 Å². The van der Waals surface area contributed by atoms with Gasteiger partial charge in [-0.1, -0.05) is 0 Å². The first-order valence-electron chi connectivity index (χ1n) is 8.16. The Morgan fingerprint density at radius 2 is 1.04 bits per heavy atom. The van der Waals surface area contributed by atoms with Crippen LogP contribution in [0.1, 0.15) is 20.7 Å². The molecule has 2 rings (SSSR count). The van der Waals surface area contributed by atoms with Crippen molar-refractivity contribution in [1.82, 2.24) is 0 Å². The predicted octanol–water partition coefficient (Wildman–Crippen LogP) is 1.24. The van der Waals surface area contributed by atoms with Gasteiger partial charge in [0.25, 0.3) is 0 Å². The molecule has 0 aliphatic rings. The molecule has 2 aromatic rings. The number of nitrogens with zero attached hydrogens (tertiary/aromatic N) is 2. The molecule has 0 aromatic heterocycles. The summed E-state index contributed by atoms with van der Waals surface area (Å²) in [5, 5.41) is 23.4. The minimum Gasteiger partial charge on any atom is -0.478 e. The smallest absolute Gasteiger partial charge is 0.335 e. The van der Waals surface area contributed by atoms with Gasteiger partial charge in [0, 0.05) is 11.4 Å². The third-order valence-electron chi connectivity index (χ3n) is 3.47. The Hall–Kier alpha value is -4.08. The van der Waals surface area contributed by atoms with E-state index < -0.39 is 11.9 Å². The summed E-state index contributed by atoms with van der Waals surface area (Å²) in [4.78, 5) is 29.8. The second-order valence-corrected chi connectivity index (χ2v) is 5.55. The van der Waals surface area contributed by atoms with Gasteiger partial charge in [0.05, 0.1) is 24.2 Å². The molecule has 0 unspecified atom stereocenters. The number of aromatic carboxylic acids is 2. The summed E-state index contributed by atoms with van der Waals surface area (Å²) in [6.07, 6.45) is 0. The van der Waals surface area contributed by atoms with Crippen LogP contribution in [0, 0.1) is 0 Å². The predicted molar refractivity (Wildman–Crippen MR) is 107 cm³/mol. The van der Waals surface area contributed by atoms with E-state index in [1.54, 1.807) is 24.3 Å². The lowest BCUT2D eigenvalue weighted by atomic mass is 10.2. The largest absolute Gasteiger partial charge is 0.478 e. The molecule has 10 heteroatoms. The molecule has 2 aromatic carbocycles. The van der Waals surface area contributed by atoms with Gasteiger partial charge >= 0.3 is 11.9 Å². The summed E-state index contributed by atoms with van der Waals surface area (Å²) < 4.78 is 0. The highest BCUT2D eigenvalue weighted by atomic mass is 16.4. The van der Waals surface area contributed by atoms with Crippen molar-refractivity contribution in [2.45, 2.75) is 0 Å². The number of carbonyl (C=O) groups is 2. The molecule has 0 bridgehead atoms. The fourth-order valence-corrected chi connectivity index (χ4v) is 2.11. The second kappa shape index (κ2) is 9.57. The van der Waals surface area contributed by atoms with Crippen molar-refractivity contribution in [2.75, 3.05) is 23.7 Å². The Bertz CT molecular complexity index is 816. The molecule has 28 heavy (non-hydrogen) atoms. The summed E-state index contributed by atoms with van der Waals surface area (Å²) in [6, 6.07) is 12.2. The van der Waals surface area contributed by atoms with E-state index in [0.29, 0.717) is 11.4 Å². The quantitative estimate of drug-likeness (QED) is 0.235. The van der Waals surface area contributed by atoms with E-state index in [4.69, 9.17) is 21.7 Å². The van der Waals surface area contributed by atoms with Crippen LogP contribution < -0.4 is 22.1 Å². The number of nitrogens with two attached hydrogens (primary N) is 2. The maximum atomic E-state index is 10.8. The lowest BCUT2D eigenvalue weighted by Crippen LogP contribution is -2.24. The van der Waals surface area contributed by atoms with Crippen molar-refractivity contribution in [3.05, 3.63) is 59.7 Å². The van der Waals surface area contributed by atoms with Crippen LogP contribution in [0.2, 0.25) is 0 Å². The third kappa shape index (κ3) is 6.33. The highest BCUT2D eigenvalue weighted by Gasteiger charge is 2.03. The van der Waals surface area contributed by atoms with Crippen LogP contribution in [0.3, 0.4) is 0 Å². The molecule has 0 atom stereocenters. The van der Waals surface area contributed by atoms with Gasteiger partial charge in [-0.3, -0.25) is 9.98 Å². The molecule has 10 nitrogen and oxygen atoms in total. The molecular weight excluding hydrogens is 364 g/mol. The molecule has 8 N–H and O–H groups in total. The number of carboxylic acids is 2. The topological polar surface area (TPSA) is 175 Å². The minimum absolute atomic E-state index is 0.161.